The highest BCUT2D eigenvalue weighted by Crippen LogP contribution is 2.21. The van der Waals surface area contributed by atoms with Crippen molar-refractivity contribution < 1.29 is 13.9 Å². The molecule has 0 atom stereocenters. The molecule has 1 aromatic carbocycles. The SMILES string of the molecule is COC(=O)c1ccc(CNc2cccc3cccnc23)o1. The molecule has 0 saturated carbocycles. The lowest BCUT2D eigenvalue weighted by Crippen LogP contribution is -2.01. The van der Waals surface area contributed by atoms with Crippen LogP contribution >= 0.6 is 0 Å². The van der Waals surface area contributed by atoms with Gasteiger partial charge in [0.05, 0.1) is 24.9 Å². The minimum Gasteiger partial charge on any atom is -0.463 e. The number of anilines is 1. The van der Waals surface area contributed by atoms with Gasteiger partial charge >= 0.3 is 5.97 Å². The van der Waals surface area contributed by atoms with Crippen LogP contribution in [0.25, 0.3) is 10.9 Å². The van der Waals surface area contributed by atoms with E-state index in [0.29, 0.717) is 12.3 Å². The first-order valence-corrected chi connectivity index (χ1v) is 6.52. The monoisotopic (exact) mass is 282 g/mol. The van der Waals surface area contributed by atoms with Crippen LogP contribution in [0.1, 0.15) is 16.3 Å². The summed E-state index contributed by atoms with van der Waals surface area (Å²) in [7, 11) is 1.32. The van der Waals surface area contributed by atoms with Crippen molar-refractivity contribution in [2.75, 3.05) is 12.4 Å². The number of ether oxygens (including phenoxy) is 1. The molecule has 5 heteroatoms. The fraction of sp³-hybridized carbons (Fsp3) is 0.125. The van der Waals surface area contributed by atoms with Gasteiger partial charge in [-0.2, -0.15) is 0 Å². The van der Waals surface area contributed by atoms with Gasteiger partial charge in [-0.1, -0.05) is 18.2 Å². The van der Waals surface area contributed by atoms with Crippen LogP contribution in [0.3, 0.4) is 0 Å². The number of para-hydroxylation sites is 1. The molecule has 1 N–H and O–H groups in total. The number of fused-ring (bicyclic) bond motifs is 1. The first kappa shape index (κ1) is 13.2. The van der Waals surface area contributed by atoms with Gasteiger partial charge in [0.1, 0.15) is 5.76 Å². The molecule has 0 fully saturated rings. The zero-order valence-electron chi connectivity index (χ0n) is 11.5. The zero-order valence-corrected chi connectivity index (χ0v) is 11.5. The number of aromatic nitrogens is 1. The molecule has 2 heterocycles. The molecule has 3 aromatic rings. The van der Waals surface area contributed by atoms with Gasteiger partial charge in [0.2, 0.25) is 5.76 Å². The molecule has 0 aliphatic heterocycles. The average Bonchev–Trinajstić information content (AvgIpc) is 3.01. The number of carbonyl (C=O) groups is 1. The van der Waals surface area contributed by atoms with Crippen molar-refractivity contribution in [2.45, 2.75) is 6.54 Å². The molecular formula is C16H14N2O3. The van der Waals surface area contributed by atoms with Crippen LogP contribution in [0.4, 0.5) is 5.69 Å². The number of benzene rings is 1. The number of methoxy groups -OCH3 is 1. The smallest absolute Gasteiger partial charge is 0.373 e. The molecule has 21 heavy (non-hydrogen) atoms. The second-order valence-corrected chi connectivity index (χ2v) is 4.49. The maximum absolute atomic E-state index is 11.3. The third-order valence-electron chi connectivity index (χ3n) is 3.13. The van der Waals surface area contributed by atoms with Gasteiger partial charge in [-0.25, -0.2) is 4.79 Å². The Morgan fingerprint density at radius 2 is 2.10 bits per heavy atom. The molecule has 0 radical (unpaired) electrons. The van der Waals surface area contributed by atoms with E-state index in [0.717, 1.165) is 16.6 Å². The van der Waals surface area contributed by atoms with Gasteiger partial charge in [0.25, 0.3) is 0 Å². The van der Waals surface area contributed by atoms with E-state index >= 15 is 0 Å². The van der Waals surface area contributed by atoms with Crippen molar-refractivity contribution in [3.8, 4) is 0 Å². The van der Waals surface area contributed by atoms with Crippen LogP contribution in [0.15, 0.2) is 53.1 Å². The van der Waals surface area contributed by atoms with Crippen LogP contribution in [0, 0.1) is 0 Å². The summed E-state index contributed by atoms with van der Waals surface area (Å²) < 4.78 is 10.0. The lowest BCUT2D eigenvalue weighted by Gasteiger charge is -2.07. The highest BCUT2D eigenvalue weighted by atomic mass is 16.5. The molecule has 0 saturated heterocycles. The number of hydrogen-bond acceptors (Lipinski definition) is 5. The lowest BCUT2D eigenvalue weighted by molar-refractivity contribution is 0.0563. The van der Waals surface area contributed by atoms with E-state index in [9.17, 15) is 4.79 Å². The Labute approximate surface area is 121 Å². The van der Waals surface area contributed by atoms with E-state index in [1.165, 1.54) is 7.11 Å². The molecule has 0 aliphatic rings. The van der Waals surface area contributed by atoms with Crippen molar-refractivity contribution in [2.24, 2.45) is 0 Å². The standard InChI is InChI=1S/C16H14N2O3/c1-20-16(19)14-8-7-12(21-14)10-18-13-6-2-4-11-5-3-9-17-15(11)13/h2-9,18H,10H2,1H3. The minimum absolute atomic E-state index is 0.199. The summed E-state index contributed by atoms with van der Waals surface area (Å²) in [6, 6.07) is 13.2. The Balaban J connectivity index is 1.77. The molecule has 0 aliphatic carbocycles. The summed E-state index contributed by atoms with van der Waals surface area (Å²) in [6.07, 6.45) is 1.76. The van der Waals surface area contributed by atoms with Crippen molar-refractivity contribution in [3.05, 3.63) is 60.2 Å². The summed E-state index contributed by atoms with van der Waals surface area (Å²) in [6.45, 7) is 0.465. The van der Waals surface area contributed by atoms with E-state index in [4.69, 9.17) is 4.42 Å². The Kier molecular flexibility index (Phi) is 3.55. The maximum Gasteiger partial charge on any atom is 0.373 e. The van der Waals surface area contributed by atoms with E-state index in [-0.39, 0.29) is 5.76 Å². The van der Waals surface area contributed by atoms with Crippen molar-refractivity contribution in [3.63, 3.8) is 0 Å². The van der Waals surface area contributed by atoms with Gasteiger partial charge in [-0.3, -0.25) is 4.98 Å². The number of nitrogens with one attached hydrogen (secondary N) is 1. The van der Waals surface area contributed by atoms with Gasteiger partial charge < -0.3 is 14.5 Å². The average molecular weight is 282 g/mol. The summed E-state index contributed by atoms with van der Waals surface area (Å²) >= 11 is 0. The maximum atomic E-state index is 11.3. The number of esters is 1. The lowest BCUT2D eigenvalue weighted by atomic mass is 10.2. The molecule has 5 nitrogen and oxygen atoms in total. The molecule has 2 aromatic heterocycles. The van der Waals surface area contributed by atoms with Gasteiger partial charge in [-0.05, 0) is 24.3 Å². The molecule has 0 spiro atoms. The van der Waals surface area contributed by atoms with Crippen molar-refractivity contribution >= 4 is 22.6 Å². The van der Waals surface area contributed by atoms with Gasteiger partial charge in [0.15, 0.2) is 0 Å². The molecule has 0 unspecified atom stereocenters. The predicted molar refractivity (Wildman–Crippen MR) is 79.1 cm³/mol. The number of rotatable bonds is 4. The van der Waals surface area contributed by atoms with E-state index in [2.05, 4.69) is 15.0 Å². The van der Waals surface area contributed by atoms with Crippen molar-refractivity contribution in [1.82, 2.24) is 4.98 Å². The molecule has 106 valence electrons. The fourth-order valence-electron chi connectivity index (χ4n) is 2.11. The highest BCUT2D eigenvalue weighted by molar-refractivity contribution is 5.90. The molecule has 3 rings (SSSR count). The quantitative estimate of drug-likeness (QED) is 0.744. The number of furan rings is 1. The summed E-state index contributed by atoms with van der Waals surface area (Å²) in [5, 5.41) is 4.33. The van der Waals surface area contributed by atoms with Crippen LogP contribution in [-0.2, 0) is 11.3 Å². The fourth-order valence-corrected chi connectivity index (χ4v) is 2.11. The number of nitrogens with zero attached hydrogens (tertiary/aromatic N) is 1. The molecule has 0 bridgehead atoms. The summed E-state index contributed by atoms with van der Waals surface area (Å²) in [4.78, 5) is 15.7. The Bertz CT molecular complexity index is 775. The number of carbonyl (C=O) groups excluding carboxylic acids is 1. The Hall–Kier alpha value is -2.82. The highest BCUT2D eigenvalue weighted by Gasteiger charge is 2.11. The summed E-state index contributed by atoms with van der Waals surface area (Å²) in [5.74, 6) is 0.377. The van der Waals surface area contributed by atoms with E-state index in [1.807, 2.05) is 30.3 Å². The van der Waals surface area contributed by atoms with Gasteiger partial charge in [-0.15, -0.1) is 0 Å². The zero-order chi connectivity index (χ0) is 14.7. The topological polar surface area (TPSA) is 64.4 Å². The normalized spacial score (nSPS) is 10.5. The Morgan fingerprint density at radius 1 is 1.24 bits per heavy atom. The second-order valence-electron chi connectivity index (χ2n) is 4.49. The van der Waals surface area contributed by atoms with Crippen LogP contribution in [0.5, 0.6) is 0 Å². The third kappa shape index (κ3) is 2.72. The van der Waals surface area contributed by atoms with Crippen LogP contribution < -0.4 is 5.32 Å². The molecule has 0 amide bonds. The van der Waals surface area contributed by atoms with E-state index in [1.54, 1.807) is 18.3 Å². The van der Waals surface area contributed by atoms with Crippen LogP contribution in [0.2, 0.25) is 0 Å². The van der Waals surface area contributed by atoms with Crippen LogP contribution in [-0.4, -0.2) is 18.1 Å². The predicted octanol–water partition coefficient (Wildman–Crippen LogP) is 3.23. The van der Waals surface area contributed by atoms with Crippen molar-refractivity contribution in [1.29, 1.82) is 0 Å². The third-order valence-corrected chi connectivity index (χ3v) is 3.13. The largest absolute Gasteiger partial charge is 0.463 e. The second kappa shape index (κ2) is 5.66. The van der Waals surface area contributed by atoms with E-state index < -0.39 is 5.97 Å². The first-order chi connectivity index (χ1) is 10.3. The first-order valence-electron chi connectivity index (χ1n) is 6.52. The minimum atomic E-state index is -0.479. The Morgan fingerprint density at radius 3 is 2.95 bits per heavy atom. The molecular weight excluding hydrogens is 268 g/mol. The van der Waals surface area contributed by atoms with Gasteiger partial charge in [0, 0.05) is 11.6 Å². The number of hydrogen-bond donors (Lipinski definition) is 1. The summed E-state index contributed by atoms with van der Waals surface area (Å²) in [5.41, 5.74) is 1.82. The number of pyridine rings is 1.